The molecule has 2 aromatic carbocycles. The molecule has 0 bridgehead atoms. The quantitative estimate of drug-likeness (QED) is 0.380. The molecule has 1 aliphatic carbocycles. The topological polar surface area (TPSA) is 46.1 Å². The lowest BCUT2D eigenvalue weighted by atomic mass is 9.90. The van der Waals surface area contributed by atoms with Gasteiger partial charge in [-0.15, -0.1) is 0 Å². The Morgan fingerprint density at radius 1 is 0.941 bits per heavy atom. The highest BCUT2D eigenvalue weighted by atomic mass is 35.5. The highest BCUT2D eigenvalue weighted by Gasteiger charge is 2.28. The zero-order chi connectivity index (χ0) is 22.9. The van der Waals surface area contributed by atoms with Gasteiger partial charge in [0.05, 0.1) is 24.9 Å². The SMILES string of the molecule is Clc1ccccc1Cc1cc2ccc(-c3ccn(C4CCC(N5CCOCC5)CC4)n3)cc2[nH]1. The van der Waals surface area contributed by atoms with Crippen LogP contribution in [0.4, 0.5) is 0 Å². The summed E-state index contributed by atoms with van der Waals surface area (Å²) < 4.78 is 7.72. The summed E-state index contributed by atoms with van der Waals surface area (Å²) in [6, 6.07) is 20.2. The Labute approximate surface area is 205 Å². The predicted molar refractivity (Wildman–Crippen MR) is 137 cm³/mol. The second-order valence-electron chi connectivity index (χ2n) is 9.66. The summed E-state index contributed by atoms with van der Waals surface area (Å²) in [5.41, 5.74) is 5.64. The number of fused-ring (bicyclic) bond motifs is 1. The van der Waals surface area contributed by atoms with Crippen LogP contribution < -0.4 is 0 Å². The molecule has 3 heterocycles. The largest absolute Gasteiger partial charge is 0.379 e. The number of ether oxygens (including phenoxy) is 1. The maximum atomic E-state index is 6.36. The Hall–Kier alpha value is -2.60. The number of nitrogens with one attached hydrogen (secondary N) is 1. The van der Waals surface area contributed by atoms with E-state index >= 15 is 0 Å². The molecule has 1 aliphatic heterocycles. The molecule has 176 valence electrons. The molecule has 2 fully saturated rings. The Kier molecular flexibility index (Phi) is 6.16. The Morgan fingerprint density at radius 2 is 1.74 bits per heavy atom. The van der Waals surface area contributed by atoms with E-state index in [1.165, 1.54) is 36.8 Å². The van der Waals surface area contributed by atoms with Crippen molar-refractivity contribution in [3.8, 4) is 11.3 Å². The Bertz CT molecular complexity index is 1260. The number of nitrogens with zero attached hydrogens (tertiary/aromatic N) is 3. The molecule has 6 rings (SSSR count). The minimum Gasteiger partial charge on any atom is -0.379 e. The number of hydrogen-bond acceptors (Lipinski definition) is 3. The summed E-state index contributed by atoms with van der Waals surface area (Å²) in [5, 5.41) is 7.01. The molecule has 4 aromatic rings. The normalized spacial score (nSPS) is 21.8. The molecule has 0 atom stereocenters. The van der Waals surface area contributed by atoms with Crippen LogP contribution in [0.25, 0.3) is 22.2 Å². The maximum absolute atomic E-state index is 6.36. The highest BCUT2D eigenvalue weighted by Crippen LogP contribution is 2.32. The molecule has 34 heavy (non-hydrogen) atoms. The lowest BCUT2D eigenvalue weighted by Crippen LogP contribution is -2.45. The van der Waals surface area contributed by atoms with Crippen LogP contribution in [0.1, 0.15) is 43.0 Å². The van der Waals surface area contributed by atoms with Gasteiger partial charge in [-0.3, -0.25) is 9.58 Å². The van der Waals surface area contributed by atoms with Crippen LogP contribution in [-0.4, -0.2) is 52.0 Å². The molecule has 0 spiro atoms. The van der Waals surface area contributed by atoms with Gasteiger partial charge in [-0.1, -0.05) is 41.9 Å². The predicted octanol–water partition coefficient (Wildman–Crippen LogP) is 6.09. The van der Waals surface area contributed by atoms with Crippen LogP contribution in [0, 0.1) is 0 Å². The van der Waals surface area contributed by atoms with E-state index in [4.69, 9.17) is 21.4 Å². The molecular weight excluding hydrogens is 444 g/mol. The minimum atomic E-state index is 0.502. The lowest BCUT2D eigenvalue weighted by molar-refractivity contribution is 0.00507. The van der Waals surface area contributed by atoms with Gasteiger partial charge in [0.1, 0.15) is 0 Å². The summed E-state index contributed by atoms with van der Waals surface area (Å²) in [6.07, 6.45) is 7.86. The minimum absolute atomic E-state index is 0.502. The fourth-order valence-corrected chi connectivity index (χ4v) is 5.82. The number of hydrogen-bond donors (Lipinski definition) is 1. The van der Waals surface area contributed by atoms with Gasteiger partial charge in [0.15, 0.2) is 0 Å². The molecular formula is C28H31ClN4O. The molecule has 1 saturated carbocycles. The molecule has 5 nitrogen and oxygen atoms in total. The molecule has 2 aromatic heterocycles. The Balaban J connectivity index is 1.14. The van der Waals surface area contributed by atoms with Crippen LogP contribution >= 0.6 is 11.6 Å². The van der Waals surface area contributed by atoms with Crippen molar-refractivity contribution in [2.75, 3.05) is 26.3 Å². The second kappa shape index (κ2) is 9.57. The summed E-state index contributed by atoms with van der Waals surface area (Å²) in [4.78, 5) is 6.21. The number of aromatic nitrogens is 3. The zero-order valence-electron chi connectivity index (χ0n) is 19.4. The third-order valence-corrected chi connectivity index (χ3v) is 7.89. The highest BCUT2D eigenvalue weighted by molar-refractivity contribution is 6.31. The second-order valence-corrected chi connectivity index (χ2v) is 10.1. The van der Waals surface area contributed by atoms with Gasteiger partial charge in [0, 0.05) is 53.5 Å². The van der Waals surface area contributed by atoms with Gasteiger partial charge < -0.3 is 9.72 Å². The number of halogens is 1. The van der Waals surface area contributed by atoms with Crippen molar-refractivity contribution in [2.24, 2.45) is 0 Å². The van der Waals surface area contributed by atoms with Crippen molar-refractivity contribution in [1.82, 2.24) is 19.7 Å². The van der Waals surface area contributed by atoms with Crippen molar-refractivity contribution in [1.29, 1.82) is 0 Å². The summed E-state index contributed by atoms with van der Waals surface area (Å²) in [5.74, 6) is 0. The van der Waals surface area contributed by atoms with Crippen molar-refractivity contribution >= 4 is 22.5 Å². The summed E-state index contributed by atoms with van der Waals surface area (Å²) in [7, 11) is 0. The van der Waals surface area contributed by atoms with Crippen molar-refractivity contribution in [3.05, 3.63) is 77.1 Å². The number of H-pyrrole nitrogens is 1. The standard InChI is InChI=1S/C28H31ClN4O/c29-26-4-2-1-3-20(26)17-23-18-21-5-6-22(19-28(21)30-23)27-11-12-33(31-27)25-9-7-24(8-10-25)32-13-15-34-16-14-32/h1-6,11-12,18-19,24-25,30H,7-10,13-17H2. The van der Waals surface area contributed by atoms with Crippen molar-refractivity contribution in [3.63, 3.8) is 0 Å². The van der Waals surface area contributed by atoms with Gasteiger partial charge in [0.2, 0.25) is 0 Å². The van der Waals surface area contributed by atoms with E-state index in [-0.39, 0.29) is 0 Å². The monoisotopic (exact) mass is 474 g/mol. The zero-order valence-corrected chi connectivity index (χ0v) is 20.2. The lowest BCUT2D eigenvalue weighted by Gasteiger charge is -2.38. The summed E-state index contributed by atoms with van der Waals surface area (Å²) >= 11 is 6.36. The first-order chi connectivity index (χ1) is 16.7. The molecule has 0 amide bonds. The van der Waals surface area contributed by atoms with Gasteiger partial charge in [-0.25, -0.2) is 0 Å². The number of aromatic amines is 1. The fraction of sp³-hybridized carbons (Fsp3) is 0.393. The molecule has 6 heteroatoms. The molecule has 2 aliphatic rings. The van der Waals surface area contributed by atoms with E-state index < -0.39 is 0 Å². The Morgan fingerprint density at radius 3 is 2.56 bits per heavy atom. The van der Waals surface area contributed by atoms with Crippen molar-refractivity contribution < 1.29 is 4.74 Å². The smallest absolute Gasteiger partial charge is 0.0924 e. The first-order valence-corrected chi connectivity index (χ1v) is 12.8. The van der Waals surface area contributed by atoms with Crippen LogP contribution in [0.15, 0.2) is 60.8 Å². The van der Waals surface area contributed by atoms with Crippen LogP contribution in [0.3, 0.4) is 0 Å². The fourth-order valence-electron chi connectivity index (χ4n) is 5.61. The van der Waals surface area contributed by atoms with Crippen LogP contribution in [-0.2, 0) is 11.2 Å². The van der Waals surface area contributed by atoms with E-state index in [0.29, 0.717) is 12.1 Å². The van der Waals surface area contributed by atoms with Crippen molar-refractivity contribution in [2.45, 2.75) is 44.2 Å². The molecule has 1 N–H and O–H groups in total. The average molecular weight is 475 g/mol. The van der Waals surface area contributed by atoms with E-state index in [1.807, 2.05) is 18.2 Å². The van der Waals surface area contributed by atoms with Crippen LogP contribution in [0.5, 0.6) is 0 Å². The number of rotatable bonds is 5. The average Bonchev–Trinajstić information content (AvgIpc) is 3.53. The third kappa shape index (κ3) is 4.52. The van der Waals surface area contributed by atoms with Gasteiger partial charge in [-0.2, -0.15) is 5.10 Å². The molecule has 1 saturated heterocycles. The third-order valence-electron chi connectivity index (χ3n) is 7.52. The van der Waals surface area contributed by atoms with Gasteiger partial charge in [-0.05, 0) is 60.9 Å². The summed E-state index contributed by atoms with van der Waals surface area (Å²) in [6.45, 7) is 3.94. The number of morpholine rings is 1. The first kappa shape index (κ1) is 21.9. The van der Waals surface area contributed by atoms with Crippen LogP contribution in [0.2, 0.25) is 5.02 Å². The molecule has 0 unspecified atom stereocenters. The van der Waals surface area contributed by atoms with E-state index in [1.54, 1.807) is 0 Å². The van der Waals surface area contributed by atoms with Gasteiger partial charge in [0.25, 0.3) is 0 Å². The van der Waals surface area contributed by atoms with E-state index in [9.17, 15) is 0 Å². The molecule has 0 radical (unpaired) electrons. The number of benzene rings is 2. The van der Waals surface area contributed by atoms with E-state index in [2.05, 4.69) is 57.2 Å². The first-order valence-electron chi connectivity index (χ1n) is 12.5. The van der Waals surface area contributed by atoms with Gasteiger partial charge >= 0.3 is 0 Å². The maximum Gasteiger partial charge on any atom is 0.0924 e. The van der Waals surface area contributed by atoms with E-state index in [0.717, 1.165) is 60.1 Å².